The van der Waals surface area contributed by atoms with Crippen molar-refractivity contribution in [2.24, 2.45) is 0 Å². The van der Waals surface area contributed by atoms with Crippen LogP contribution in [-0.4, -0.2) is 39.9 Å². The number of urea groups is 1. The quantitative estimate of drug-likeness (QED) is 0.460. The summed E-state index contributed by atoms with van der Waals surface area (Å²) in [5.41, 5.74) is 0.983. The van der Waals surface area contributed by atoms with Crippen molar-refractivity contribution in [2.75, 3.05) is 6.61 Å². The van der Waals surface area contributed by atoms with Crippen molar-refractivity contribution in [3.8, 4) is 5.75 Å². The van der Waals surface area contributed by atoms with Crippen molar-refractivity contribution in [3.63, 3.8) is 0 Å². The first kappa shape index (κ1) is 17.6. The lowest BCUT2D eigenvalue weighted by molar-refractivity contribution is -0.385. The number of nitro benzene ring substituents is 1. The van der Waals surface area contributed by atoms with Gasteiger partial charge in [0.2, 0.25) is 0 Å². The predicted molar refractivity (Wildman–Crippen MR) is 87.9 cm³/mol. The van der Waals surface area contributed by atoms with Gasteiger partial charge in [0, 0.05) is 6.07 Å². The average Bonchev–Trinajstić information content (AvgIpc) is 2.85. The lowest BCUT2D eigenvalue weighted by Gasteiger charge is -2.30. The maximum atomic E-state index is 12.5. The smallest absolute Gasteiger partial charge is 0.344 e. The van der Waals surface area contributed by atoms with Crippen LogP contribution >= 0.6 is 0 Å². The highest BCUT2D eigenvalue weighted by Gasteiger charge is 2.52. The Kier molecular flexibility index (Phi) is 4.74. The monoisotopic (exact) mass is 362 g/mol. The van der Waals surface area contributed by atoms with E-state index in [1.54, 1.807) is 0 Å². The molecule has 10 heteroatoms. The van der Waals surface area contributed by atoms with Crippen LogP contribution in [0, 0.1) is 10.1 Å². The number of imide groups is 1. The Hall–Kier alpha value is -3.17. The van der Waals surface area contributed by atoms with Crippen LogP contribution in [0.25, 0.3) is 0 Å². The summed E-state index contributed by atoms with van der Waals surface area (Å²) in [7, 11) is 0. The van der Waals surface area contributed by atoms with E-state index in [4.69, 9.17) is 4.74 Å². The first-order chi connectivity index (χ1) is 12.4. The van der Waals surface area contributed by atoms with Crippen LogP contribution < -0.4 is 15.5 Å². The molecule has 0 atom stereocenters. The third-order valence-corrected chi connectivity index (χ3v) is 4.53. The Morgan fingerprint density at radius 1 is 1.27 bits per heavy atom. The lowest BCUT2D eigenvalue weighted by Crippen LogP contribution is -2.51. The Labute approximate surface area is 148 Å². The van der Waals surface area contributed by atoms with Gasteiger partial charge in [0.1, 0.15) is 5.54 Å². The fourth-order valence-corrected chi connectivity index (χ4v) is 3.25. The molecule has 1 aromatic carbocycles. The molecular formula is C16H18N4O6. The number of carbonyl (C=O) groups excluding carboxylic acids is 3. The number of carbonyl (C=O) groups is 3. The molecule has 1 heterocycles. The molecule has 1 aromatic rings. The Morgan fingerprint density at radius 3 is 2.65 bits per heavy atom. The second-order valence-electron chi connectivity index (χ2n) is 6.26. The maximum absolute atomic E-state index is 12.5. The van der Waals surface area contributed by atoms with E-state index in [1.165, 1.54) is 24.3 Å². The number of hydrogen-bond donors (Lipinski definition) is 2. The summed E-state index contributed by atoms with van der Waals surface area (Å²) >= 11 is 0. The van der Waals surface area contributed by atoms with E-state index in [2.05, 4.69) is 10.7 Å². The molecule has 3 rings (SSSR count). The molecule has 4 amide bonds. The number of nitro groups is 1. The van der Waals surface area contributed by atoms with Gasteiger partial charge in [-0.25, -0.2) is 4.79 Å². The van der Waals surface area contributed by atoms with Crippen molar-refractivity contribution < 1.29 is 24.0 Å². The van der Waals surface area contributed by atoms with E-state index >= 15 is 0 Å². The molecule has 1 saturated carbocycles. The lowest BCUT2D eigenvalue weighted by atomic mass is 9.82. The molecule has 2 N–H and O–H groups in total. The molecule has 2 aliphatic rings. The molecule has 1 aliphatic heterocycles. The van der Waals surface area contributed by atoms with Crippen LogP contribution in [-0.2, 0) is 9.59 Å². The van der Waals surface area contributed by atoms with Gasteiger partial charge in [-0.15, -0.1) is 0 Å². The zero-order valence-corrected chi connectivity index (χ0v) is 13.9. The zero-order valence-electron chi connectivity index (χ0n) is 13.9. The normalized spacial score (nSPS) is 18.5. The van der Waals surface area contributed by atoms with E-state index in [0.29, 0.717) is 17.9 Å². The molecule has 0 unspecified atom stereocenters. The molecule has 138 valence electrons. The fraction of sp³-hybridized carbons (Fsp3) is 0.438. The summed E-state index contributed by atoms with van der Waals surface area (Å²) in [5.74, 6) is -1.32. The molecule has 26 heavy (non-hydrogen) atoms. The van der Waals surface area contributed by atoms with Gasteiger partial charge in [0.05, 0.1) is 4.92 Å². The summed E-state index contributed by atoms with van der Waals surface area (Å²) in [6.45, 7) is -0.574. The number of rotatable bonds is 5. The summed E-state index contributed by atoms with van der Waals surface area (Å²) < 4.78 is 5.15. The van der Waals surface area contributed by atoms with Crippen LogP contribution in [0.4, 0.5) is 10.5 Å². The minimum absolute atomic E-state index is 0.0754. The van der Waals surface area contributed by atoms with Crippen molar-refractivity contribution in [1.82, 2.24) is 15.8 Å². The highest BCUT2D eigenvalue weighted by Crippen LogP contribution is 2.33. The Bertz CT molecular complexity index is 759. The predicted octanol–water partition coefficient (Wildman–Crippen LogP) is 1.26. The van der Waals surface area contributed by atoms with Gasteiger partial charge in [-0.05, 0) is 18.9 Å². The van der Waals surface area contributed by atoms with Gasteiger partial charge in [-0.2, -0.15) is 5.01 Å². The van der Waals surface area contributed by atoms with Crippen molar-refractivity contribution in [1.29, 1.82) is 0 Å². The number of benzene rings is 1. The second-order valence-corrected chi connectivity index (χ2v) is 6.26. The molecule has 1 spiro atoms. The Morgan fingerprint density at radius 2 is 1.96 bits per heavy atom. The first-order valence-electron chi connectivity index (χ1n) is 8.25. The molecule has 0 radical (unpaired) electrons. The van der Waals surface area contributed by atoms with Crippen LogP contribution in [0.15, 0.2) is 24.3 Å². The van der Waals surface area contributed by atoms with Gasteiger partial charge >= 0.3 is 11.7 Å². The summed E-state index contributed by atoms with van der Waals surface area (Å²) in [6, 6.07) is 4.93. The van der Waals surface area contributed by atoms with Gasteiger partial charge in [-0.3, -0.25) is 25.1 Å². The van der Waals surface area contributed by atoms with Gasteiger partial charge < -0.3 is 10.1 Å². The zero-order chi connectivity index (χ0) is 18.7. The highest BCUT2D eigenvalue weighted by atomic mass is 16.6. The standard InChI is InChI=1S/C16H18N4O6/c21-13(10-26-12-7-3-2-6-11(12)20(24)25)18-19-14(22)16(17-15(19)23)8-4-1-5-9-16/h2-3,6-7H,1,4-5,8-10H2,(H,17,23)(H,18,21). The highest BCUT2D eigenvalue weighted by molar-refractivity contribution is 6.08. The number of nitrogens with one attached hydrogen (secondary N) is 2. The van der Waals surface area contributed by atoms with E-state index < -0.39 is 34.9 Å². The van der Waals surface area contributed by atoms with Crippen LogP contribution in [0.1, 0.15) is 32.1 Å². The molecule has 1 aliphatic carbocycles. The maximum Gasteiger partial charge on any atom is 0.344 e. The first-order valence-corrected chi connectivity index (χ1v) is 8.25. The summed E-state index contributed by atoms with van der Waals surface area (Å²) in [6.07, 6.45) is 3.73. The second kappa shape index (κ2) is 6.98. The van der Waals surface area contributed by atoms with Crippen LogP contribution in [0.5, 0.6) is 5.75 Å². The molecule has 10 nitrogen and oxygen atoms in total. The number of ether oxygens (including phenoxy) is 1. The van der Waals surface area contributed by atoms with Crippen LogP contribution in [0.3, 0.4) is 0 Å². The van der Waals surface area contributed by atoms with E-state index in [9.17, 15) is 24.5 Å². The molecule has 2 fully saturated rings. The van der Waals surface area contributed by atoms with E-state index in [1.807, 2.05) is 0 Å². The number of nitrogens with zero attached hydrogens (tertiary/aromatic N) is 2. The number of hydrogen-bond acceptors (Lipinski definition) is 6. The molecule has 0 aromatic heterocycles. The number of hydrazine groups is 1. The molecule has 0 bridgehead atoms. The number of para-hydroxylation sites is 2. The van der Waals surface area contributed by atoms with Gasteiger partial charge in [-0.1, -0.05) is 31.4 Å². The van der Waals surface area contributed by atoms with Crippen molar-refractivity contribution >= 4 is 23.5 Å². The third kappa shape index (κ3) is 3.30. The minimum atomic E-state index is -0.943. The SMILES string of the molecule is O=C(COc1ccccc1[N+](=O)[O-])NN1C(=O)NC2(CCCCC2)C1=O. The summed E-state index contributed by atoms with van der Waals surface area (Å²) in [4.78, 5) is 46.9. The topological polar surface area (TPSA) is 131 Å². The summed E-state index contributed by atoms with van der Waals surface area (Å²) in [5, 5.41) is 14.2. The van der Waals surface area contributed by atoms with E-state index in [-0.39, 0.29) is 11.4 Å². The fourth-order valence-electron chi connectivity index (χ4n) is 3.25. The molecule has 1 saturated heterocycles. The Balaban J connectivity index is 1.61. The van der Waals surface area contributed by atoms with Gasteiger partial charge in [0.15, 0.2) is 12.4 Å². The minimum Gasteiger partial charge on any atom is -0.477 e. The number of amides is 4. The van der Waals surface area contributed by atoms with Gasteiger partial charge in [0.25, 0.3) is 11.8 Å². The van der Waals surface area contributed by atoms with Crippen LogP contribution in [0.2, 0.25) is 0 Å². The third-order valence-electron chi connectivity index (χ3n) is 4.53. The molecular weight excluding hydrogens is 344 g/mol. The van der Waals surface area contributed by atoms with E-state index in [0.717, 1.165) is 19.3 Å². The van der Waals surface area contributed by atoms with Crippen molar-refractivity contribution in [2.45, 2.75) is 37.6 Å². The largest absolute Gasteiger partial charge is 0.477 e. The average molecular weight is 362 g/mol. The van der Waals surface area contributed by atoms with Crippen molar-refractivity contribution in [3.05, 3.63) is 34.4 Å².